The number of hydrogen-bond donors (Lipinski definition) is 0. The van der Waals surface area contributed by atoms with Crippen LogP contribution in [0, 0.1) is 5.21 Å². The van der Waals surface area contributed by atoms with Crippen LogP contribution >= 0.6 is 0 Å². The highest BCUT2D eigenvalue weighted by Crippen LogP contribution is 2.13. The van der Waals surface area contributed by atoms with Gasteiger partial charge in [0.15, 0.2) is 5.71 Å². The Morgan fingerprint density at radius 1 is 1.00 bits per heavy atom. The van der Waals surface area contributed by atoms with Crippen LogP contribution < -0.4 is 0 Å². The molecule has 108 valence electrons. The van der Waals surface area contributed by atoms with Gasteiger partial charge in [0, 0.05) is 24.6 Å². The molecule has 2 nitrogen and oxygen atoms in total. The minimum Gasteiger partial charge on any atom is -0.618 e. The molecule has 2 aromatic carbocycles. The lowest BCUT2D eigenvalue weighted by molar-refractivity contribution is -0.361. The van der Waals surface area contributed by atoms with Gasteiger partial charge in [0.05, 0.1) is 0 Å². The fourth-order valence-electron chi connectivity index (χ4n) is 2.10. The van der Waals surface area contributed by atoms with Crippen LogP contribution in [0.5, 0.6) is 0 Å². The Bertz CT molecular complexity index is 600. The number of unbranched alkanes of at least 4 members (excludes halogenated alkanes) is 1. The predicted molar refractivity (Wildman–Crippen MR) is 89.7 cm³/mol. The van der Waals surface area contributed by atoms with Gasteiger partial charge in [-0.2, -0.15) is 4.74 Å². The van der Waals surface area contributed by atoms with Crippen molar-refractivity contribution in [2.45, 2.75) is 26.2 Å². The molecule has 2 aromatic rings. The molecule has 0 aliphatic rings. The van der Waals surface area contributed by atoms with Crippen LogP contribution in [0.4, 0.5) is 5.69 Å². The fourth-order valence-corrected chi connectivity index (χ4v) is 2.10. The Hall–Kier alpha value is -2.35. The smallest absolute Gasteiger partial charge is 0.216 e. The Balaban J connectivity index is 2.27. The Kier molecular flexibility index (Phi) is 5.77. The average molecular weight is 279 g/mol. The van der Waals surface area contributed by atoms with E-state index in [2.05, 4.69) is 6.92 Å². The topological polar surface area (TPSA) is 26.1 Å². The number of para-hydroxylation sites is 1. The van der Waals surface area contributed by atoms with Crippen LogP contribution in [0.15, 0.2) is 66.7 Å². The number of nitrogens with zero attached hydrogens (tertiary/aromatic N) is 1. The second-order valence-corrected chi connectivity index (χ2v) is 4.97. The minimum atomic E-state index is 0.682. The fraction of sp³-hybridized carbons (Fsp3) is 0.211. The molecule has 0 aliphatic carbocycles. The molecule has 0 aliphatic heterocycles. The van der Waals surface area contributed by atoms with Gasteiger partial charge in [-0.25, -0.2) is 0 Å². The highest BCUT2D eigenvalue weighted by molar-refractivity contribution is 5.95. The summed E-state index contributed by atoms with van der Waals surface area (Å²) >= 11 is 0. The molecular formula is C19H21NO. The maximum atomic E-state index is 12.5. The van der Waals surface area contributed by atoms with Gasteiger partial charge in [0.25, 0.3) is 0 Å². The van der Waals surface area contributed by atoms with E-state index in [4.69, 9.17) is 0 Å². The molecule has 0 aromatic heterocycles. The molecule has 0 amide bonds. The maximum Gasteiger partial charge on any atom is 0.216 e. The highest BCUT2D eigenvalue weighted by atomic mass is 16.5. The second-order valence-electron chi connectivity index (χ2n) is 4.97. The largest absolute Gasteiger partial charge is 0.618 e. The first kappa shape index (κ1) is 15.0. The van der Waals surface area contributed by atoms with Gasteiger partial charge in [0.1, 0.15) is 0 Å². The van der Waals surface area contributed by atoms with Crippen molar-refractivity contribution in [2.24, 2.45) is 0 Å². The molecule has 0 saturated heterocycles. The first-order valence-corrected chi connectivity index (χ1v) is 7.42. The third kappa shape index (κ3) is 4.60. The number of rotatable bonds is 6. The first-order chi connectivity index (χ1) is 10.3. The molecule has 0 bridgehead atoms. The Morgan fingerprint density at radius 2 is 1.62 bits per heavy atom. The molecule has 2 rings (SSSR count). The van der Waals surface area contributed by atoms with Gasteiger partial charge in [-0.15, -0.1) is 0 Å². The van der Waals surface area contributed by atoms with Crippen LogP contribution in [0.2, 0.25) is 0 Å². The van der Waals surface area contributed by atoms with E-state index in [1.807, 2.05) is 72.8 Å². The standard InChI is InChI=1S/C19H21NO/c1-2-3-12-19(16-15-17-10-6-4-7-11-17)20(21)18-13-8-5-9-14-18/h4-11,13-16H,2-3,12H2,1H3/b16-15+,20-19-. The molecule has 0 spiro atoms. The summed E-state index contributed by atoms with van der Waals surface area (Å²) < 4.78 is 1.04. The monoisotopic (exact) mass is 279 g/mol. The molecule has 21 heavy (non-hydrogen) atoms. The molecule has 0 saturated carbocycles. The number of allylic oxidation sites excluding steroid dienone is 1. The average Bonchev–Trinajstić information content (AvgIpc) is 2.56. The quantitative estimate of drug-likeness (QED) is 0.310. The van der Waals surface area contributed by atoms with E-state index >= 15 is 0 Å². The SMILES string of the molecule is CCCCC(/C=C/c1ccccc1)=[N+](/[O-])c1ccccc1. The van der Waals surface area contributed by atoms with E-state index in [-0.39, 0.29) is 0 Å². The van der Waals surface area contributed by atoms with E-state index in [1.165, 1.54) is 0 Å². The Labute approximate surface area is 126 Å². The van der Waals surface area contributed by atoms with Crippen molar-refractivity contribution in [1.82, 2.24) is 0 Å². The van der Waals surface area contributed by atoms with Gasteiger partial charge in [-0.1, -0.05) is 61.9 Å². The second kappa shape index (κ2) is 8.05. The molecule has 2 heteroatoms. The van der Waals surface area contributed by atoms with Gasteiger partial charge in [-0.05, 0) is 18.1 Å². The molecule has 0 atom stereocenters. The summed E-state index contributed by atoms with van der Waals surface area (Å²) in [5.74, 6) is 0. The van der Waals surface area contributed by atoms with Crippen molar-refractivity contribution in [2.75, 3.05) is 0 Å². The van der Waals surface area contributed by atoms with Crippen LogP contribution in [0.25, 0.3) is 6.08 Å². The maximum absolute atomic E-state index is 12.5. The summed E-state index contributed by atoms with van der Waals surface area (Å²) in [7, 11) is 0. The van der Waals surface area contributed by atoms with Crippen LogP contribution in [-0.4, -0.2) is 10.5 Å². The lowest BCUT2D eigenvalue weighted by Crippen LogP contribution is -2.09. The molecule has 0 heterocycles. The molecule has 0 radical (unpaired) electrons. The van der Waals surface area contributed by atoms with Crippen molar-refractivity contribution in [1.29, 1.82) is 0 Å². The first-order valence-electron chi connectivity index (χ1n) is 7.42. The zero-order valence-electron chi connectivity index (χ0n) is 12.4. The van der Waals surface area contributed by atoms with Crippen LogP contribution in [-0.2, 0) is 0 Å². The summed E-state index contributed by atoms with van der Waals surface area (Å²) in [5.41, 5.74) is 2.58. The van der Waals surface area contributed by atoms with Gasteiger partial charge in [-0.3, -0.25) is 0 Å². The molecule has 0 unspecified atom stereocenters. The van der Waals surface area contributed by atoms with Crippen LogP contribution in [0.3, 0.4) is 0 Å². The Morgan fingerprint density at radius 3 is 2.24 bits per heavy atom. The van der Waals surface area contributed by atoms with Crippen molar-refractivity contribution in [3.05, 3.63) is 77.5 Å². The molecular weight excluding hydrogens is 258 g/mol. The summed E-state index contributed by atoms with van der Waals surface area (Å²) in [5, 5.41) is 12.5. The number of benzene rings is 2. The zero-order valence-corrected chi connectivity index (χ0v) is 12.4. The summed E-state index contributed by atoms with van der Waals surface area (Å²) in [4.78, 5) is 0. The van der Waals surface area contributed by atoms with Crippen molar-refractivity contribution >= 4 is 17.5 Å². The van der Waals surface area contributed by atoms with E-state index < -0.39 is 0 Å². The van der Waals surface area contributed by atoms with Gasteiger partial charge < -0.3 is 5.21 Å². The summed E-state index contributed by atoms with van der Waals surface area (Å²) in [6.45, 7) is 2.14. The molecule has 0 N–H and O–H groups in total. The van der Waals surface area contributed by atoms with E-state index in [0.717, 1.165) is 35.3 Å². The number of hydrogen-bond acceptors (Lipinski definition) is 1. The highest BCUT2D eigenvalue weighted by Gasteiger charge is 2.08. The summed E-state index contributed by atoms with van der Waals surface area (Å²) in [6, 6.07) is 19.4. The van der Waals surface area contributed by atoms with Crippen molar-refractivity contribution < 1.29 is 4.74 Å². The van der Waals surface area contributed by atoms with E-state index in [1.54, 1.807) is 0 Å². The summed E-state index contributed by atoms with van der Waals surface area (Å²) in [6.07, 6.45) is 6.81. The zero-order chi connectivity index (χ0) is 14.9. The predicted octanol–water partition coefficient (Wildman–Crippen LogP) is 5.17. The van der Waals surface area contributed by atoms with Crippen LogP contribution in [0.1, 0.15) is 31.7 Å². The normalized spacial score (nSPS) is 12.4. The van der Waals surface area contributed by atoms with Gasteiger partial charge in [0.2, 0.25) is 5.69 Å². The van der Waals surface area contributed by atoms with Crippen molar-refractivity contribution in [3.63, 3.8) is 0 Å². The van der Waals surface area contributed by atoms with Gasteiger partial charge >= 0.3 is 0 Å². The lowest BCUT2D eigenvalue weighted by atomic mass is 10.1. The third-order valence-corrected chi connectivity index (χ3v) is 3.31. The molecule has 0 fully saturated rings. The lowest BCUT2D eigenvalue weighted by Gasteiger charge is -2.07. The minimum absolute atomic E-state index is 0.682. The third-order valence-electron chi connectivity index (χ3n) is 3.31. The van der Waals surface area contributed by atoms with E-state index in [0.29, 0.717) is 5.69 Å². The van der Waals surface area contributed by atoms with Crippen molar-refractivity contribution in [3.8, 4) is 0 Å². The van der Waals surface area contributed by atoms with E-state index in [9.17, 15) is 5.21 Å².